The molecule has 0 saturated carbocycles. The summed E-state index contributed by atoms with van der Waals surface area (Å²) in [5.41, 5.74) is 2.57. The number of carbonyl (C=O) groups is 1. The van der Waals surface area contributed by atoms with Gasteiger partial charge in [0.25, 0.3) is 5.91 Å². The van der Waals surface area contributed by atoms with Crippen LogP contribution in [0.1, 0.15) is 15.9 Å². The number of hydrogen-bond acceptors (Lipinski definition) is 4. The Labute approximate surface area is 149 Å². The lowest BCUT2D eigenvalue weighted by molar-refractivity contribution is 0.102. The van der Waals surface area contributed by atoms with E-state index in [0.717, 1.165) is 11.4 Å². The third-order valence-electron chi connectivity index (χ3n) is 3.37. The average Bonchev–Trinajstić information content (AvgIpc) is 2.63. The molecule has 3 rings (SSSR count). The van der Waals surface area contributed by atoms with E-state index in [1.54, 1.807) is 60.8 Å². The molecule has 0 saturated heterocycles. The maximum Gasteiger partial charge on any atom is 0.256 e. The first-order valence-electron chi connectivity index (χ1n) is 7.44. The van der Waals surface area contributed by atoms with Gasteiger partial charge < -0.3 is 10.6 Å². The smallest absolute Gasteiger partial charge is 0.256 e. The molecule has 2 N–H and O–H groups in total. The monoisotopic (exact) mass is 348 g/mol. The first-order chi connectivity index (χ1) is 12.1. The van der Waals surface area contributed by atoms with Crippen LogP contribution in [0.3, 0.4) is 0 Å². The van der Waals surface area contributed by atoms with Crippen LogP contribution in [0.4, 0.5) is 17.2 Å². The highest BCUT2D eigenvalue weighted by Gasteiger charge is 2.07. The zero-order chi connectivity index (χ0) is 17.6. The molecule has 6 heteroatoms. The summed E-state index contributed by atoms with van der Waals surface area (Å²) in [6.07, 6.45) is 1.60. The Morgan fingerprint density at radius 1 is 1.04 bits per heavy atom. The lowest BCUT2D eigenvalue weighted by atomic mass is 10.2. The van der Waals surface area contributed by atoms with E-state index < -0.39 is 0 Å². The van der Waals surface area contributed by atoms with Crippen molar-refractivity contribution in [3.05, 3.63) is 83.0 Å². The summed E-state index contributed by atoms with van der Waals surface area (Å²) in [5.74, 6) is 0.152. The van der Waals surface area contributed by atoms with Crippen molar-refractivity contribution < 1.29 is 4.79 Å². The van der Waals surface area contributed by atoms with Gasteiger partial charge in [-0.25, -0.2) is 4.98 Å². The number of nitriles is 1. The van der Waals surface area contributed by atoms with Crippen LogP contribution in [-0.2, 0) is 0 Å². The van der Waals surface area contributed by atoms with E-state index in [-0.39, 0.29) is 5.91 Å². The molecule has 0 spiro atoms. The van der Waals surface area contributed by atoms with Gasteiger partial charge >= 0.3 is 0 Å². The highest BCUT2D eigenvalue weighted by molar-refractivity contribution is 6.31. The Balaban J connectivity index is 1.68. The Morgan fingerprint density at radius 2 is 1.88 bits per heavy atom. The maximum atomic E-state index is 12.2. The molecule has 1 aromatic heterocycles. The molecule has 122 valence electrons. The molecule has 0 aliphatic rings. The molecule has 0 atom stereocenters. The Kier molecular flexibility index (Phi) is 4.93. The molecule has 2 aromatic carbocycles. The van der Waals surface area contributed by atoms with Crippen molar-refractivity contribution in [2.45, 2.75) is 0 Å². The number of nitrogens with one attached hydrogen (secondary N) is 2. The molecular weight excluding hydrogens is 336 g/mol. The number of benzene rings is 2. The first kappa shape index (κ1) is 16.5. The van der Waals surface area contributed by atoms with Crippen LogP contribution in [-0.4, -0.2) is 10.9 Å². The zero-order valence-corrected chi connectivity index (χ0v) is 13.8. The van der Waals surface area contributed by atoms with Crippen molar-refractivity contribution >= 4 is 34.7 Å². The molecule has 0 bridgehead atoms. The predicted molar refractivity (Wildman–Crippen MR) is 98.1 cm³/mol. The Bertz CT molecular complexity index is 948. The van der Waals surface area contributed by atoms with E-state index in [4.69, 9.17) is 16.9 Å². The van der Waals surface area contributed by atoms with E-state index >= 15 is 0 Å². The van der Waals surface area contributed by atoms with Crippen LogP contribution in [0.25, 0.3) is 0 Å². The second-order valence-electron chi connectivity index (χ2n) is 5.21. The van der Waals surface area contributed by atoms with Gasteiger partial charge in [0.15, 0.2) is 0 Å². The number of anilines is 3. The molecule has 1 heterocycles. The van der Waals surface area contributed by atoms with Gasteiger partial charge in [-0.05, 0) is 48.5 Å². The van der Waals surface area contributed by atoms with Crippen molar-refractivity contribution in [2.75, 3.05) is 10.6 Å². The Hall–Kier alpha value is -3.36. The van der Waals surface area contributed by atoms with Gasteiger partial charge in [-0.1, -0.05) is 23.7 Å². The van der Waals surface area contributed by atoms with Gasteiger partial charge in [0.2, 0.25) is 0 Å². The number of pyridine rings is 1. The predicted octanol–water partition coefficient (Wildman–Crippen LogP) is 4.60. The van der Waals surface area contributed by atoms with Crippen LogP contribution >= 0.6 is 11.6 Å². The zero-order valence-electron chi connectivity index (χ0n) is 13.0. The van der Waals surface area contributed by atoms with Gasteiger partial charge in [0.1, 0.15) is 5.82 Å². The number of aromatic nitrogens is 1. The number of carbonyl (C=O) groups excluding carboxylic acids is 1. The van der Waals surface area contributed by atoms with Crippen LogP contribution in [0.5, 0.6) is 0 Å². The quantitative estimate of drug-likeness (QED) is 0.722. The summed E-state index contributed by atoms with van der Waals surface area (Å²) in [6, 6.07) is 19.4. The third kappa shape index (κ3) is 4.34. The molecule has 0 unspecified atom stereocenters. The van der Waals surface area contributed by atoms with E-state index in [1.165, 1.54) is 0 Å². The summed E-state index contributed by atoms with van der Waals surface area (Å²) in [4.78, 5) is 16.4. The van der Waals surface area contributed by atoms with Crippen molar-refractivity contribution in [3.8, 4) is 6.07 Å². The van der Waals surface area contributed by atoms with Crippen molar-refractivity contribution in [1.82, 2.24) is 4.98 Å². The molecule has 1 amide bonds. The molecule has 0 fully saturated rings. The highest BCUT2D eigenvalue weighted by Crippen LogP contribution is 2.18. The SMILES string of the molecule is N#Cc1cccc(Nc2ccc(NC(=O)c3cccc(Cl)c3)nc2)c1. The van der Waals surface area contributed by atoms with Crippen molar-refractivity contribution in [3.63, 3.8) is 0 Å². The second-order valence-corrected chi connectivity index (χ2v) is 5.65. The largest absolute Gasteiger partial charge is 0.354 e. The van der Waals surface area contributed by atoms with Gasteiger partial charge in [0, 0.05) is 16.3 Å². The lowest BCUT2D eigenvalue weighted by Gasteiger charge is -2.08. The minimum absolute atomic E-state index is 0.280. The van der Waals surface area contributed by atoms with Crippen molar-refractivity contribution in [2.24, 2.45) is 0 Å². The molecule has 5 nitrogen and oxygen atoms in total. The topological polar surface area (TPSA) is 77.8 Å². The van der Waals surface area contributed by atoms with Crippen LogP contribution < -0.4 is 10.6 Å². The van der Waals surface area contributed by atoms with Crippen molar-refractivity contribution in [1.29, 1.82) is 5.26 Å². The maximum absolute atomic E-state index is 12.2. The van der Waals surface area contributed by atoms with E-state index in [0.29, 0.717) is 22.0 Å². The standard InChI is InChI=1S/C19H13ClN4O/c20-15-5-2-4-14(10-15)19(25)24-18-8-7-17(12-22-18)23-16-6-1-3-13(9-16)11-21/h1-10,12,23H,(H,22,24,25). The fraction of sp³-hybridized carbons (Fsp3) is 0. The second kappa shape index (κ2) is 7.47. The summed E-state index contributed by atoms with van der Waals surface area (Å²) >= 11 is 5.89. The fourth-order valence-electron chi connectivity index (χ4n) is 2.19. The molecular formula is C19H13ClN4O. The average molecular weight is 349 g/mol. The van der Waals surface area contributed by atoms with Gasteiger partial charge in [-0.3, -0.25) is 4.79 Å². The number of rotatable bonds is 4. The normalized spacial score (nSPS) is 9.92. The summed E-state index contributed by atoms with van der Waals surface area (Å²) in [7, 11) is 0. The minimum atomic E-state index is -0.280. The van der Waals surface area contributed by atoms with E-state index in [1.807, 2.05) is 6.07 Å². The van der Waals surface area contributed by atoms with Crippen LogP contribution in [0.15, 0.2) is 66.9 Å². The number of halogens is 1. The van der Waals surface area contributed by atoms with Crippen LogP contribution in [0.2, 0.25) is 5.02 Å². The highest BCUT2D eigenvalue weighted by atomic mass is 35.5. The summed E-state index contributed by atoms with van der Waals surface area (Å²) in [6.45, 7) is 0. The molecule has 3 aromatic rings. The molecule has 0 aliphatic carbocycles. The number of hydrogen-bond donors (Lipinski definition) is 2. The van der Waals surface area contributed by atoms with Gasteiger partial charge in [0.05, 0.1) is 23.5 Å². The summed E-state index contributed by atoms with van der Waals surface area (Å²) < 4.78 is 0. The number of amides is 1. The minimum Gasteiger partial charge on any atom is -0.354 e. The van der Waals surface area contributed by atoms with E-state index in [9.17, 15) is 4.79 Å². The van der Waals surface area contributed by atoms with Gasteiger partial charge in [-0.2, -0.15) is 5.26 Å². The van der Waals surface area contributed by atoms with Gasteiger partial charge in [-0.15, -0.1) is 0 Å². The Morgan fingerprint density at radius 3 is 2.60 bits per heavy atom. The fourth-order valence-corrected chi connectivity index (χ4v) is 2.38. The number of nitrogens with zero attached hydrogens (tertiary/aromatic N) is 2. The summed E-state index contributed by atoms with van der Waals surface area (Å²) in [5, 5.41) is 15.3. The molecule has 25 heavy (non-hydrogen) atoms. The molecule has 0 radical (unpaired) electrons. The molecule has 0 aliphatic heterocycles. The first-order valence-corrected chi connectivity index (χ1v) is 7.82. The van der Waals surface area contributed by atoms with Crippen LogP contribution in [0, 0.1) is 11.3 Å². The third-order valence-corrected chi connectivity index (χ3v) is 3.61. The van der Waals surface area contributed by atoms with E-state index in [2.05, 4.69) is 21.7 Å². The lowest BCUT2D eigenvalue weighted by Crippen LogP contribution is -2.12.